The summed E-state index contributed by atoms with van der Waals surface area (Å²) in [6.07, 6.45) is 3.59. The number of primary amides is 1. The van der Waals surface area contributed by atoms with Gasteiger partial charge in [0.1, 0.15) is 17.1 Å². The van der Waals surface area contributed by atoms with E-state index in [1.165, 1.54) is 0 Å². The van der Waals surface area contributed by atoms with Crippen molar-refractivity contribution in [3.8, 4) is 17.1 Å². The zero-order valence-electron chi connectivity index (χ0n) is 14.9. The molecule has 1 saturated heterocycles. The number of amides is 1. The maximum absolute atomic E-state index is 11.1. The van der Waals surface area contributed by atoms with Crippen LogP contribution in [-0.2, 0) is 4.79 Å². The van der Waals surface area contributed by atoms with E-state index >= 15 is 0 Å². The predicted octanol–water partition coefficient (Wildman–Crippen LogP) is 0.618. The van der Waals surface area contributed by atoms with Crippen molar-refractivity contribution in [2.75, 3.05) is 25.0 Å². The summed E-state index contributed by atoms with van der Waals surface area (Å²) in [7, 11) is 0. The van der Waals surface area contributed by atoms with Crippen molar-refractivity contribution in [2.45, 2.75) is 32.7 Å². The van der Waals surface area contributed by atoms with E-state index in [9.17, 15) is 9.90 Å². The summed E-state index contributed by atoms with van der Waals surface area (Å²) in [5.41, 5.74) is 7.58. The molecule has 1 aliphatic heterocycles. The summed E-state index contributed by atoms with van der Waals surface area (Å²) in [6, 6.07) is 1.76. The molecule has 0 bridgehead atoms. The third-order valence-corrected chi connectivity index (χ3v) is 4.31. The minimum absolute atomic E-state index is 0.0549. The molecule has 4 N–H and O–H groups in total. The van der Waals surface area contributed by atoms with Crippen molar-refractivity contribution in [2.24, 2.45) is 5.73 Å². The van der Waals surface area contributed by atoms with E-state index in [0.29, 0.717) is 29.6 Å². The van der Waals surface area contributed by atoms with E-state index < -0.39 is 0 Å². The molecule has 0 aromatic carbocycles. The van der Waals surface area contributed by atoms with E-state index in [1.54, 1.807) is 19.2 Å². The minimum atomic E-state index is -0.325. The zero-order valence-corrected chi connectivity index (χ0v) is 14.9. The van der Waals surface area contributed by atoms with Crippen molar-refractivity contribution in [1.82, 2.24) is 25.1 Å². The highest BCUT2D eigenvalue weighted by Gasteiger charge is 2.22. The van der Waals surface area contributed by atoms with Gasteiger partial charge in [-0.1, -0.05) is 0 Å². The molecular weight excluding hydrogens is 334 g/mol. The van der Waals surface area contributed by atoms with E-state index in [1.807, 2.05) is 11.8 Å². The molecular formula is C17H23N7O2. The average Bonchev–Trinajstić information content (AvgIpc) is 2.56. The van der Waals surface area contributed by atoms with Gasteiger partial charge in [-0.15, -0.1) is 10.2 Å². The number of aromatic hydroxyl groups is 1. The topological polar surface area (TPSA) is 130 Å². The monoisotopic (exact) mass is 357 g/mol. The molecule has 0 radical (unpaired) electrons. The lowest BCUT2D eigenvalue weighted by Gasteiger charge is -2.32. The number of piperidine rings is 1. The van der Waals surface area contributed by atoms with E-state index in [0.717, 1.165) is 24.9 Å². The maximum Gasteiger partial charge on any atom is 0.243 e. The fraction of sp³-hybridized carbons (Fsp3) is 0.471. The first-order valence-electron chi connectivity index (χ1n) is 8.57. The summed E-state index contributed by atoms with van der Waals surface area (Å²) in [5.74, 6) is 0.150. The Morgan fingerprint density at radius 2 is 2.19 bits per heavy atom. The van der Waals surface area contributed by atoms with Gasteiger partial charge in [0.25, 0.3) is 0 Å². The smallest absolute Gasteiger partial charge is 0.243 e. The van der Waals surface area contributed by atoms with Gasteiger partial charge in [-0.05, 0) is 44.9 Å². The molecule has 1 unspecified atom stereocenters. The number of pyridine rings is 1. The standard InChI is InChI=1S/C17H23N7O2/c1-10-6-13(25)16(19-7-10)15-11(2)20-17(23-22-15)21-12-4-3-5-24(8-12)9-14(18)26/h6-7,12,25H,3-5,8-9H2,1-2H3,(H2,18,26)(H,20,21,23). The van der Waals surface area contributed by atoms with Crippen LogP contribution >= 0.6 is 0 Å². The average molecular weight is 357 g/mol. The molecule has 1 aliphatic rings. The molecule has 0 saturated carbocycles. The Balaban J connectivity index is 1.72. The molecule has 0 aliphatic carbocycles. The van der Waals surface area contributed by atoms with Crippen molar-refractivity contribution in [1.29, 1.82) is 0 Å². The number of nitrogens with zero attached hydrogens (tertiary/aromatic N) is 5. The molecule has 1 amide bonds. The van der Waals surface area contributed by atoms with Gasteiger partial charge in [0.05, 0.1) is 12.2 Å². The molecule has 1 fully saturated rings. The van der Waals surface area contributed by atoms with Crippen molar-refractivity contribution >= 4 is 11.9 Å². The summed E-state index contributed by atoms with van der Waals surface area (Å²) in [5, 5.41) is 21.7. The lowest BCUT2D eigenvalue weighted by atomic mass is 10.1. The number of hydrogen-bond acceptors (Lipinski definition) is 8. The highest BCUT2D eigenvalue weighted by molar-refractivity contribution is 5.75. The first-order valence-corrected chi connectivity index (χ1v) is 8.57. The number of hydrogen-bond donors (Lipinski definition) is 3. The van der Waals surface area contributed by atoms with Gasteiger partial charge < -0.3 is 16.2 Å². The Morgan fingerprint density at radius 3 is 2.88 bits per heavy atom. The van der Waals surface area contributed by atoms with Crippen LogP contribution in [0.5, 0.6) is 5.75 Å². The molecule has 26 heavy (non-hydrogen) atoms. The Morgan fingerprint density at radius 1 is 1.38 bits per heavy atom. The molecule has 9 nitrogen and oxygen atoms in total. The largest absolute Gasteiger partial charge is 0.506 e. The number of nitrogens with one attached hydrogen (secondary N) is 1. The van der Waals surface area contributed by atoms with E-state index in [-0.39, 0.29) is 24.2 Å². The van der Waals surface area contributed by atoms with Crippen molar-refractivity contribution < 1.29 is 9.90 Å². The van der Waals surface area contributed by atoms with E-state index in [4.69, 9.17) is 5.73 Å². The van der Waals surface area contributed by atoms with Crippen LogP contribution < -0.4 is 11.1 Å². The Kier molecular flexibility index (Phi) is 5.27. The number of aryl methyl sites for hydroxylation is 2. The van der Waals surface area contributed by atoms with Gasteiger partial charge >= 0.3 is 0 Å². The van der Waals surface area contributed by atoms with Crippen LogP contribution in [0.3, 0.4) is 0 Å². The Hall–Kier alpha value is -2.81. The molecule has 1 atom stereocenters. The number of rotatable bonds is 5. The zero-order chi connectivity index (χ0) is 18.7. The summed E-state index contributed by atoms with van der Waals surface area (Å²) >= 11 is 0. The lowest BCUT2D eigenvalue weighted by molar-refractivity contribution is -0.119. The van der Waals surface area contributed by atoms with Crippen molar-refractivity contribution in [3.63, 3.8) is 0 Å². The third-order valence-electron chi connectivity index (χ3n) is 4.31. The lowest BCUT2D eigenvalue weighted by Crippen LogP contribution is -2.45. The van der Waals surface area contributed by atoms with Gasteiger partial charge in [-0.3, -0.25) is 14.7 Å². The van der Waals surface area contributed by atoms with Crippen LogP contribution in [0.25, 0.3) is 11.4 Å². The fourth-order valence-electron chi connectivity index (χ4n) is 3.14. The highest BCUT2D eigenvalue weighted by Crippen LogP contribution is 2.27. The fourth-order valence-corrected chi connectivity index (χ4v) is 3.14. The molecule has 2 aromatic rings. The number of likely N-dealkylation sites (tertiary alicyclic amines) is 1. The number of anilines is 1. The van der Waals surface area contributed by atoms with Gasteiger partial charge in [-0.2, -0.15) is 0 Å². The minimum Gasteiger partial charge on any atom is -0.506 e. The van der Waals surface area contributed by atoms with Crippen LogP contribution in [0, 0.1) is 13.8 Å². The summed E-state index contributed by atoms with van der Waals surface area (Å²) in [4.78, 5) is 21.8. The number of aromatic nitrogens is 4. The predicted molar refractivity (Wildman–Crippen MR) is 96.5 cm³/mol. The highest BCUT2D eigenvalue weighted by atomic mass is 16.3. The number of carbonyl (C=O) groups is 1. The second-order valence-electron chi connectivity index (χ2n) is 6.63. The van der Waals surface area contributed by atoms with Crippen LogP contribution in [0.4, 0.5) is 5.95 Å². The normalized spacial score (nSPS) is 17.8. The molecule has 0 spiro atoms. The Bertz CT molecular complexity index is 812. The van der Waals surface area contributed by atoms with Crippen LogP contribution in [0.1, 0.15) is 24.1 Å². The number of nitrogens with two attached hydrogens (primary N) is 1. The molecule has 2 aromatic heterocycles. The molecule has 9 heteroatoms. The molecule has 3 heterocycles. The van der Waals surface area contributed by atoms with Gasteiger partial charge in [-0.25, -0.2) is 4.98 Å². The number of carbonyl (C=O) groups excluding carboxylic acids is 1. The van der Waals surface area contributed by atoms with Crippen LogP contribution in [0.15, 0.2) is 12.3 Å². The van der Waals surface area contributed by atoms with Crippen LogP contribution in [-0.4, -0.2) is 61.8 Å². The van der Waals surface area contributed by atoms with Gasteiger partial charge in [0.2, 0.25) is 11.9 Å². The third kappa shape index (κ3) is 4.23. The first kappa shape index (κ1) is 18.0. The summed E-state index contributed by atoms with van der Waals surface area (Å²) in [6.45, 7) is 5.47. The Labute approximate surface area is 151 Å². The molecule has 3 rings (SSSR count). The first-order chi connectivity index (χ1) is 12.4. The second kappa shape index (κ2) is 7.61. The van der Waals surface area contributed by atoms with Gasteiger partial charge in [0, 0.05) is 18.8 Å². The SMILES string of the molecule is Cc1cnc(-c2nnc(NC3CCCN(CC(N)=O)C3)nc2C)c(O)c1. The second-order valence-corrected chi connectivity index (χ2v) is 6.63. The van der Waals surface area contributed by atoms with Crippen LogP contribution in [0.2, 0.25) is 0 Å². The quantitative estimate of drug-likeness (QED) is 0.710. The van der Waals surface area contributed by atoms with Crippen molar-refractivity contribution in [3.05, 3.63) is 23.5 Å². The van der Waals surface area contributed by atoms with E-state index in [2.05, 4.69) is 25.5 Å². The summed E-state index contributed by atoms with van der Waals surface area (Å²) < 4.78 is 0. The maximum atomic E-state index is 11.1. The van der Waals surface area contributed by atoms with Gasteiger partial charge in [0.15, 0.2) is 0 Å². The molecule has 138 valence electrons.